The minimum atomic E-state index is 0.541. The highest BCUT2D eigenvalue weighted by molar-refractivity contribution is 5.60. The molecular formula is C15H13N5. The molecule has 0 spiro atoms. The number of para-hydroxylation sites is 1. The molecule has 0 aliphatic rings. The Morgan fingerprint density at radius 2 is 1.65 bits per heavy atom. The molecule has 0 fully saturated rings. The molecule has 0 atom stereocenters. The van der Waals surface area contributed by atoms with Gasteiger partial charge in [-0.15, -0.1) is 0 Å². The first-order chi connectivity index (χ1) is 9.83. The average molecular weight is 263 g/mol. The van der Waals surface area contributed by atoms with Crippen LogP contribution in [-0.2, 0) is 0 Å². The van der Waals surface area contributed by atoms with Crippen molar-refractivity contribution in [2.45, 2.75) is 6.92 Å². The maximum absolute atomic E-state index is 4.47. The summed E-state index contributed by atoms with van der Waals surface area (Å²) in [6, 6.07) is 11.6. The highest BCUT2D eigenvalue weighted by Crippen LogP contribution is 2.19. The Bertz CT molecular complexity index is 712. The topological polar surface area (TPSA) is 63.6 Å². The summed E-state index contributed by atoms with van der Waals surface area (Å²) in [7, 11) is 0. The number of rotatable bonds is 3. The van der Waals surface area contributed by atoms with Crippen molar-refractivity contribution in [3.05, 3.63) is 60.7 Å². The smallest absolute Gasteiger partial charge is 0.227 e. The zero-order chi connectivity index (χ0) is 13.8. The molecule has 3 rings (SSSR count). The Labute approximate surface area is 116 Å². The van der Waals surface area contributed by atoms with Gasteiger partial charge in [0.15, 0.2) is 0 Å². The van der Waals surface area contributed by atoms with Crippen molar-refractivity contribution in [2.24, 2.45) is 0 Å². The summed E-state index contributed by atoms with van der Waals surface area (Å²) in [6.45, 7) is 1.91. The molecular weight excluding hydrogens is 250 g/mol. The predicted molar refractivity (Wildman–Crippen MR) is 77.5 cm³/mol. The zero-order valence-electron chi connectivity index (χ0n) is 11.0. The molecule has 2 aromatic heterocycles. The summed E-state index contributed by atoms with van der Waals surface area (Å²) in [6.07, 6.45) is 5.04. The summed E-state index contributed by atoms with van der Waals surface area (Å²) in [5.74, 6) is 0.541. The van der Waals surface area contributed by atoms with Crippen LogP contribution in [0.4, 0.5) is 11.6 Å². The lowest BCUT2D eigenvalue weighted by Gasteiger charge is -2.07. The van der Waals surface area contributed by atoms with Gasteiger partial charge in [0.2, 0.25) is 5.95 Å². The molecule has 2 heterocycles. The van der Waals surface area contributed by atoms with Crippen molar-refractivity contribution in [3.63, 3.8) is 0 Å². The van der Waals surface area contributed by atoms with Crippen LogP contribution in [0.3, 0.4) is 0 Å². The van der Waals surface area contributed by atoms with Crippen LogP contribution in [0.1, 0.15) is 5.69 Å². The number of nitrogens with zero attached hydrogens (tertiary/aromatic N) is 4. The van der Waals surface area contributed by atoms with E-state index in [1.54, 1.807) is 18.6 Å². The molecule has 0 aliphatic heterocycles. The van der Waals surface area contributed by atoms with E-state index in [0.29, 0.717) is 5.95 Å². The quantitative estimate of drug-likeness (QED) is 0.787. The van der Waals surface area contributed by atoms with Gasteiger partial charge in [0.25, 0.3) is 0 Å². The van der Waals surface area contributed by atoms with Crippen LogP contribution in [0.5, 0.6) is 0 Å². The second kappa shape index (κ2) is 5.44. The Morgan fingerprint density at radius 3 is 2.45 bits per heavy atom. The van der Waals surface area contributed by atoms with E-state index in [1.807, 2.05) is 43.3 Å². The minimum absolute atomic E-state index is 0.541. The highest BCUT2D eigenvalue weighted by atomic mass is 15.1. The third-order valence-corrected chi connectivity index (χ3v) is 2.81. The molecule has 1 N–H and O–H groups in total. The number of aromatic nitrogens is 4. The normalized spacial score (nSPS) is 10.2. The van der Waals surface area contributed by atoms with E-state index in [2.05, 4.69) is 25.3 Å². The van der Waals surface area contributed by atoms with E-state index < -0.39 is 0 Å². The third kappa shape index (κ3) is 2.61. The van der Waals surface area contributed by atoms with Crippen LogP contribution >= 0.6 is 0 Å². The Kier molecular flexibility index (Phi) is 3.33. The lowest BCUT2D eigenvalue weighted by atomic mass is 10.2. The fraction of sp³-hybridized carbons (Fsp3) is 0.0667. The maximum Gasteiger partial charge on any atom is 0.227 e. The van der Waals surface area contributed by atoms with Crippen LogP contribution < -0.4 is 5.32 Å². The van der Waals surface area contributed by atoms with E-state index in [-0.39, 0.29) is 0 Å². The van der Waals surface area contributed by atoms with Gasteiger partial charge in [0.05, 0.1) is 11.4 Å². The predicted octanol–water partition coefficient (Wildman–Crippen LogP) is 2.99. The number of benzene rings is 1. The Morgan fingerprint density at radius 1 is 0.850 bits per heavy atom. The van der Waals surface area contributed by atoms with Crippen molar-refractivity contribution in [3.8, 4) is 11.4 Å². The summed E-state index contributed by atoms with van der Waals surface area (Å²) in [5, 5.41) is 3.16. The first kappa shape index (κ1) is 12.2. The molecule has 3 aromatic rings. The molecule has 5 heteroatoms. The molecule has 98 valence electrons. The van der Waals surface area contributed by atoms with Crippen molar-refractivity contribution in [1.82, 2.24) is 19.9 Å². The van der Waals surface area contributed by atoms with Crippen LogP contribution in [0, 0.1) is 6.92 Å². The van der Waals surface area contributed by atoms with Gasteiger partial charge in [-0.05, 0) is 25.1 Å². The van der Waals surface area contributed by atoms with Gasteiger partial charge in [-0.3, -0.25) is 9.97 Å². The van der Waals surface area contributed by atoms with Crippen LogP contribution in [0.25, 0.3) is 11.4 Å². The van der Waals surface area contributed by atoms with E-state index in [4.69, 9.17) is 0 Å². The molecule has 5 nitrogen and oxygen atoms in total. The highest BCUT2D eigenvalue weighted by Gasteiger charge is 2.07. The lowest BCUT2D eigenvalue weighted by Crippen LogP contribution is -1.99. The molecule has 0 saturated carbocycles. The van der Waals surface area contributed by atoms with E-state index in [1.165, 1.54) is 0 Å². The third-order valence-electron chi connectivity index (χ3n) is 2.81. The molecule has 0 unspecified atom stereocenters. The van der Waals surface area contributed by atoms with Crippen LogP contribution in [0.15, 0.2) is 55.0 Å². The SMILES string of the molecule is Cc1nccnc1-c1ccnc(Nc2ccccc2)n1. The maximum atomic E-state index is 4.47. The first-order valence-corrected chi connectivity index (χ1v) is 6.26. The van der Waals surface area contributed by atoms with Crippen molar-refractivity contribution in [1.29, 1.82) is 0 Å². The van der Waals surface area contributed by atoms with Crippen LogP contribution in [0.2, 0.25) is 0 Å². The summed E-state index contributed by atoms with van der Waals surface area (Å²) in [5.41, 5.74) is 3.31. The molecule has 0 saturated heterocycles. The van der Waals surface area contributed by atoms with Gasteiger partial charge in [-0.1, -0.05) is 18.2 Å². The van der Waals surface area contributed by atoms with Gasteiger partial charge in [-0.25, -0.2) is 9.97 Å². The Hall–Kier alpha value is -2.82. The molecule has 0 radical (unpaired) electrons. The van der Waals surface area contributed by atoms with Crippen molar-refractivity contribution < 1.29 is 0 Å². The second-order valence-electron chi connectivity index (χ2n) is 4.25. The fourth-order valence-corrected chi connectivity index (χ4v) is 1.86. The number of anilines is 2. The zero-order valence-corrected chi connectivity index (χ0v) is 11.0. The Balaban J connectivity index is 1.92. The van der Waals surface area contributed by atoms with Gasteiger partial charge in [0, 0.05) is 24.3 Å². The molecule has 0 bridgehead atoms. The first-order valence-electron chi connectivity index (χ1n) is 6.26. The van der Waals surface area contributed by atoms with E-state index in [0.717, 1.165) is 22.8 Å². The van der Waals surface area contributed by atoms with Crippen LogP contribution in [-0.4, -0.2) is 19.9 Å². The second-order valence-corrected chi connectivity index (χ2v) is 4.25. The van der Waals surface area contributed by atoms with Crippen molar-refractivity contribution >= 4 is 11.6 Å². The average Bonchev–Trinajstić information content (AvgIpc) is 2.49. The molecule has 0 aliphatic carbocycles. The van der Waals surface area contributed by atoms with Crippen molar-refractivity contribution in [2.75, 3.05) is 5.32 Å². The fourth-order valence-electron chi connectivity index (χ4n) is 1.86. The van der Waals surface area contributed by atoms with Gasteiger partial charge in [0.1, 0.15) is 5.69 Å². The lowest BCUT2D eigenvalue weighted by molar-refractivity contribution is 1.09. The monoisotopic (exact) mass is 263 g/mol. The number of aryl methyl sites for hydroxylation is 1. The van der Waals surface area contributed by atoms with E-state index in [9.17, 15) is 0 Å². The molecule has 0 amide bonds. The largest absolute Gasteiger partial charge is 0.324 e. The summed E-state index contributed by atoms with van der Waals surface area (Å²) in [4.78, 5) is 17.2. The number of hydrogen-bond donors (Lipinski definition) is 1. The minimum Gasteiger partial charge on any atom is -0.324 e. The van der Waals surface area contributed by atoms with Gasteiger partial charge in [-0.2, -0.15) is 0 Å². The van der Waals surface area contributed by atoms with Gasteiger partial charge >= 0.3 is 0 Å². The standard InChI is InChI=1S/C15H13N5/c1-11-14(17-10-9-16-11)13-7-8-18-15(20-13)19-12-5-3-2-4-6-12/h2-10H,1H3,(H,18,19,20). The summed E-state index contributed by atoms with van der Waals surface area (Å²) < 4.78 is 0. The van der Waals surface area contributed by atoms with Gasteiger partial charge < -0.3 is 5.32 Å². The number of nitrogens with one attached hydrogen (secondary N) is 1. The molecule has 20 heavy (non-hydrogen) atoms. The summed E-state index contributed by atoms with van der Waals surface area (Å²) >= 11 is 0. The van der Waals surface area contributed by atoms with E-state index >= 15 is 0 Å². The number of hydrogen-bond acceptors (Lipinski definition) is 5. The molecule has 1 aromatic carbocycles.